The molecular weight excluding hydrogens is 256 g/mol. The van der Waals surface area contributed by atoms with Gasteiger partial charge in [0.25, 0.3) is 0 Å². The molecule has 0 radical (unpaired) electrons. The maximum absolute atomic E-state index is 10.9. The van der Waals surface area contributed by atoms with E-state index in [1.54, 1.807) is 36.4 Å². The molecule has 0 bridgehead atoms. The molecule has 106 valence electrons. The number of aliphatic hydroxyl groups is 2. The summed E-state index contributed by atoms with van der Waals surface area (Å²) in [6.07, 6.45) is -1.09. The van der Waals surface area contributed by atoms with Crippen molar-refractivity contribution in [1.82, 2.24) is 0 Å². The van der Waals surface area contributed by atoms with Crippen LogP contribution < -0.4 is 4.74 Å². The summed E-state index contributed by atoms with van der Waals surface area (Å²) in [5.74, 6) is 0.351. The third-order valence-corrected chi connectivity index (χ3v) is 3.43. The van der Waals surface area contributed by atoms with Crippen LogP contribution in [0, 0.1) is 0 Å². The summed E-state index contributed by atoms with van der Waals surface area (Å²) in [4.78, 5) is 0. The van der Waals surface area contributed by atoms with Crippen LogP contribution in [0.1, 0.15) is 18.1 Å². The number of benzene rings is 2. The lowest BCUT2D eigenvalue weighted by Gasteiger charge is -2.32. The van der Waals surface area contributed by atoms with Crippen molar-refractivity contribution in [2.24, 2.45) is 0 Å². The summed E-state index contributed by atoms with van der Waals surface area (Å²) in [5.41, 5.74) is -0.938. The van der Waals surface area contributed by atoms with Crippen molar-refractivity contribution >= 4 is 0 Å². The van der Waals surface area contributed by atoms with Crippen molar-refractivity contribution in [2.75, 3.05) is 7.11 Å². The van der Waals surface area contributed by atoms with Crippen molar-refractivity contribution in [3.63, 3.8) is 0 Å². The average Bonchev–Trinajstić information content (AvgIpc) is 2.47. The molecule has 0 fully saturated rings. The Labute approximate surface area is 117 Å². The molecule has 0 spiro atoms. The molecule has 0 heterocycles. The Morgan fingerprint density at radius 3 is 2.25 bits per heavy atom. The van der Waals surface area contributed by atoms with Crippen LogP contribution in [0.5, 0.6) is 11.5 Å². The van der Waals surface area contributed by atoms with Crippen molar-refractivity contribution in [2.45, 2.75) is 18.6 Å². The number of phenolic OH excluding ortho intramolecular Hbond substituents is 1. The normalized spacial score (nSPS) is 15.4. The van der Waals surface area contributed by atoms with Crippen LogP contribution in [0.15, 0.2) is 48.5 Å². The Bertz CT molecular complexity index is 580. The standard InChI is InChI=1S/C16H18O4/c1-11(17)16(19,12-6-4-3-5-7-12)14-9-8-13(20-2)10-15(14)18/h3-11,17-19H,1-2H3. The molecule has 0 aromatic heterocycles. The van der Waals surface area contributed by atoms with E-state index in [1.807, 2.05) is 6.07 Å². The first-order chi connectivity index (χ1) is 9.50. The molecule has 4 heteroatoms. The Morgan fingerprint density at radius 1 is 1.10 bits per heavy atom. The molecule has 4 nitrogen and oxygen atoms in total. The highest BCUT2D eigenvalue weighted by Crippen LogP contribution is 2.39. The molecule has 2 atom stereocenters. The van der Waals surface area contributed by atoms with E-state index in [0.29, 0.717) is 11.3 Å². The lowest BCUT2D eigenvalue weighted by Crippen LogP contribution is -2.38. The van der Waals surface area contributed by atoms with E-state index in [1.165, 1.54) is 20.1 Å². The van der Waals surface area contributed by atoms with E-state index in [-0.39, 0.29) is 11.3 Å². The van der Waals surface area contributed by atoms with Crippen LogP contribution in [0.25, 0.3) is 0 Å². The summed E-state index contributed by atoms with van der Waals surface area (Å²) >= 11 is 0. The highest BCUT2D eigenvalue weighted by Gasteiger charge is 2.39. The predicted molar refractivity (Wildman–Crippen MR) is 75.8 cm³/mol. The van der Waals surface area contributed by atoms with Crippen LogP contribution in [0.4, 0.5) is 0 Å². The zero-order valence-electron chi connectivity index (χ0n) is 11.4. The highest BCUT2D eigenvalue weighted by molar-refractivity contribution is 5.48. The number of aromatic hydroxyl groups is 1. The topological polar surface area (TPSA) is 69.9 Å². The lowest BCUT2D eigenvalue weighted by atomic mass is 9.81. The maximum atomic E-state index is 10.9. The second-order valence-corrected chi connectivity index (χ2v) is 4.69. The first-order valence-corrected chi connectivity index (χ1v) is 6.33. The fourth-order valence-corrected chi connectivity index (χ4v) is 2.27. The summed E-state index contributed by atoms with van der Waals surface area (Å²) in [7, 11) is 1.49. The first-order valence-electron chi connectivity index (χ1n) is 6.33. The minimum absolute atomic E-state index is 0.128. The highest BCUT2D eigenvalue weighted by atomic mass is 16.5. The first kappa shape index (κ1) is 14.4. The summed E-state index contributed by atoms with van der Waals surface area (Å²) in [5, 5.41) is 31.1. The Hall–Kier alpha value is -2.04. The Morgan fingerprint density at radius 2 is 1.75 bits per heavy atom. The van der Waals surface area contributed by atoms with Gasteiger partial charge in [-0.1, -0.05) is 30.3 Å². The predicted octanol–water partition coefficient (Wildman–Crippen LogP) is 2.02. The van der Waals surface area contributed by atoms with Gasteiger partial charge in [0.1, 0.15) is 17.1 Å². The van der Waals surface area contributed by atoms with Gasteiger partial charge in [-0.2, -0.15) is 0 Å². The Kier molecular flexibility index (Phi) is 3.97. The fourth-order valence-electron chi connectivity index (χ4n) is 2.27. The van der Waals surface area contributed by atoms with Crippen LogP contribution in [-0.2, 0) is 5.60 Å². The Balaban J connectivity index is 2.60. The van der Waals surface area contributed by atoms with Crippen LogP contribution >= 0.6 is 0 Å². The minimum Gasteiger partial charge on any atom is -0.507 e. The largest absolute Gasteiger partial charge is 0.507 e. The van der Waals surface area contributed by atoms with Gasteiger partial charge >= 0.3 is 0 Å². The van der Waals surface area contributed by atoms with Gasteiger partial charge < -0.3 is 20.1 Å². The molecule has 2 aromatic rings. The van der Waals surface area contributed by atoms with Gasteiger partial charge in [0.05, 0.1) is 13.2 Å². The summed E-state index contributed by atoms with van der Waals surface area (Å²) in [6, 6.07) is 13.4. The van der Waals surface area contributed by atoms with E-state index in [0.717, 1.165) is 0 Å². The third kappa shape index (κ3) is 2.35. The van der Waals surface area contributed by atoms with E-state index in [9.17, 15) is 15.3 Å². The molecular formula is C16H18O4. The number of hydrogen-bond acceptors (Lipinski definition) is 4. The molecule has 0 saturated heterocycles. The van der Waals surface area contributed by atoms with E-state index < -0.39 is 11.7 Å². The number of phenols is 1. The summed E-state index contributed by atoms with van der Waals surface area (Å²) in [6.45, 7) is 1.48. The molecule has 2 rings (SSSR count). The average molecular weight is 274 g/mol. The molecule has 20 heavy (non-hydrogen) atoms. The number of ether oxygens (including phenoxy) is 1. The molecule has 0 aliphatic heterocycles. The zero-order valence-corrected chi connectivity index (χ0v) is 11.4. The molecule has 0 aliphatic rings. The van der Waals surface area contributed by atoms with Gasteiger partial charge in [0.2, 0.25) is 0 Å². The van der Waals surface area contributed by atoms with E-state index in [2.05, 4.69) is 0 Å². The molecule has 0 amide bonds. The van der Waals surface area contributed by atoms with Gasteiger partial charge in [0, 0.05) is 11.6 Å². The molecule has 0 saturated carbocycles. The number of methoxy groups -OCH3 is 1. The van der Waals surface area contributed by atoms with Crippen LogP contribution in [0.3, 0.4) is 0 Å². The molecule has 2 aromatic carbocycles. The molecule has 2 unspecified atom stereocenters. The van der Waals surface area contributed by atoms with Gasteiger partial charge in [-0.25, -0.2) is 0 Å². The second kappa shape index (κ2) is 5.53. The number of aliphatic hydroxyl groups excluding tert-OH is 1. The van der Waals surface area contributed by atoms with Gasteiger partial charge in [-0.05, 0) is 24.6 Å². The van der Waals surface area contributed by atoms with Crippen LogP contribution in [0.2, 0.25) is 0 Å². The van der Waals surface area contributed by atoms with Gasteiger partial charge in [0.15, 0.2) is 0 Å². The number of rotatable bonds is 4. The number of hydrogen-bond donors (Lipinski definition) is 3. The molecule has 3 N–H and O–H groups in total. The third-order valence-electron chi connectivity index (χ3n) is 3.43. The van der Waals surface area contributed by atoms with E-state index >= 15 is 0 Å². The van der Waals surface area contributed by atoms with Crippen molar-refractivity contribution in [3.8, 4) is 11.5 Å². The minimum atomic E-state index is -1.68. The molecule has 0 aliphatic carbocycles. The van der Waals surface area contributed by atoms with Gasteiger partial charge in [-0.3, -0.25) is 0 Å². The zero-order chi connectivity index (χ0) is 14.8. The lowest BCUT2D eigenvalue weighted by molar-refractivity contribution is -0.0407. The van der Waals surface area contributed by atoms with E-state index in [4.69, 9.17) is 4.74 Å². The smallest absolute Gasteiger partial charge is 0.144 e. The summed E-state index contributed by atoms with van der Waals surface area (Å²) < 4.78 is 5.02. The SMILES string of the molecule is COc1ccc(C(O)(c2ccccc2)C(C)O)c(O)c1. The monoisotopic (exact) mass is 274 g/mol. The fraction of sp³-hybridized carbons (Fsp3) is 0.250. The maximum Gasteiger partial charge on any atom is 0.144 e. The van der Waals surface area contributed by atoms with Gasteiger partial charge in [-0.15, -0.1) is 0 Å². The van der Waals surface area contributed by atoms with Crippen LogP contribution in [-0.4, -0.2) is 28.5 Å². The van der Waals surface area contributed by atoms with Crippen molar-refractivity contribution < 1.29 is 20.1 Å². The quantitative estimate of drug-likeness (QED) is 0.797. The van der Waals surface area contributed by atoms with Crippen molar-refractivity contribution in [3.05, 3.63) is 59.7 Å². The van der Waals surface area contributed by atoms with Crippen molar-refractivity contribution in [1.29, 1.82) is 0 Å². The second-order valence-electron chi connectivity index (χ2n) is 4.69.